The van der Waals surface area contributed by atoms with E-state index < -0.39 is 6.04 Å². The molecule has 1 atom stereocenters. The van der Waals surface area contributed by atoms with Crippen LogP contribution in [0.1, 0.15) is 38.9 Å². The molecule has 1 unspecified atom stereocenters. The van der Waals surface area contributed by atoms with Crippen molar-refractivity contribution in [3.8, 4) is 0 Å². The van der Waals surface area contributed by atoms with Crippen molar-refractivity contribution in [2.24, 2.45) is 0 Å². The van der Waals surface area contributed by atoms with Crippen molar-refractivity contribution in [1.82, 2.24) is 14.9 Å². The quantitative estimate of drug-likeness (QED) is 0.854. The molecule has 6 nitrogen and oxygen atoms in total. The predicted octanol–water partition coefficient (Wildman–Crippen LogP) is 1.07. The van der Waals surface area contributed by atoms with Gasteiger partial charge in [-0.05, 0) is 19.8 Å². The van der Waals surface area contributed by atoms with Crippen molar-refractivity contribution in [3.05, 3.63) is 12.0 Å². The smallest absolute Gasteiger partial charge is 0.247 e. The van der Waals surface area contributed by atoms with Gasteiger partial charge in [-0.1, -0.05) is 6.92 Å². The number of hydrogen-bond acceptors (Lipinski definition) is 3. The summed E-state index contributed by atoms with van der Waals surface area (Å²) < 4.78 is 2.04. The van der Waals surface area contributed by atoms with Crippen molar-refractivity contribution >= 4 is 17.6 Å². The lowest BCUT2D eigenvalue weighted by molar-refractivity contribution is -0.125. The second kappa shape index (κ2) is 5.86. The third kappa shape index (κ3) is 3.13. The second-order valence-corrected chi connectivity index (χ2v) is 4.80. The molecular formula is C13H20N4O2. The zero-order valence-corrected chi connectivity index (χ0v) is 11.4. The number of amides is 2. The van der Waals surface area contributed by atoms with Crippen molar-refractivity contribution in [2.75, 3.05) is 5.32 Å². The highest BCUT2D eigenvalue weighted by Crippen LogP contribution is 2.19. The molecule has 0 aromatic carbocycles. The van der Waals surface area contributed by atoms with Crippen LogP contribution in [0.2, 0.25) is 0 Å². The first kappa shape index (κ1) is 13.6. The molecule has 1 aliphatic heterocycles. The van der Waals surface area contributed by atoms with Crippen LogP contribution < -0.4 is 10.6 Å². The van der Waals surface area contributed by atoms with Gasteiger partial charge in [0.15, 0.2) is 0 Å². The van der Waals surface area contributed by atoms with Gasteiger partial charge in [-0.2, -0.15) is 0 Å². The fourth-order valence-corrected chi connectivity index (χ4v) is 2.16. The maximum Gasteiger partial charge on any atom is 0.247 e. The summed E-state index contributed by atoms with van der Waals surface area (Å²) in [5, 5.41) is 5.47. The van der Waals surface area contributed by atoms with Crippen LogP contribution in [0.25, 0.3) is 0 Å². The molecule has 0 fully saturated rings. The van der Waals surface area contributed by atoms with Crippen LogP contribution in [0.5, 0.6) is 0 Å². The second-order valence-electron chi connectivity index (χ2n) is 4.80. The number of nitrogens with one attached hydrogen (secondary N) is 2. The normalized spacial score (nSPS) is 15.5. The van der Waals surface area contributed by atoms with Gasteiger partial charge in [-0.15, -0.1) is 0 Å². The van der Waals surface area contributed by atoms with E-state index >= 15 is 0 Å². The monoisotopic (exact) mass is 264 g/mol. The Labute approximate surface area is 112 Å². The minimum absolute atomic E-state index is 0.127. The standard InChI is InChI=1S/C13H20N4O2/c1-3-12(18)15-9(2)13(19)16-11-8-14-10-6-4-5-7-17(10)11/h8-9H,3-7H2,1-2H3,(H,15,18)(H,16,19). The summed E-state index contributed by atoms with van der Waals surface area (Å²) in [6.45, 7) is 4.32. The molecule has 2 heterocycles. The Hall–Kier alpha value is -1.85. The number of carbonyl (C=O) groups excluding carboxylic acids is 2. The maximum atomic E-state index is 12.0. The van der Waals surface area contributed by atoms with Crippen molar-refractivity contribution in [2.45, 2.75) is 52.1 Å². The number of nitrogens with zero attached hydrogens (tertiary/aromatic N) is 2. The minimum atomic E-state index is -0.540. The van der Waals surface area contributed by atoms with E-state index in [0.29, 0.717) is 6.42 Å². The summed E-state index contributed by atoms with van der Waals surface area (Å²) >= 11 is 0. The number of hydrogen-bond donors (Lipinski definition) is 2. The highest BCUT2D eigenvalue weighted by atomic mass is 16.2. The molecule has 1 aliphatic rings. The van der Waals surface area contributed by atoms with E-state index in [1.54, 1.807) is 20.0 Å². The first-order valence-corrected chi connectivity index (χ1v) is 6.76. The number of aryl methyl sites for hydroxylation is 1. The van der Waals surface area contributed by atoms with Gasteiger partial charge < -0.3 is 15.2 Å². The van der Waals surface area contributed by atoms with E-state index in [-0.39, 0.29) is 11.8 Å². The maximum absolute atomic E-state index is 12.0. The Balaban J connectivity index is 1.99. The van der Waals surface area contributed by atoms with Crippen LogP contribution in [0.3, 0.4) is 0 Å². The molecule has 104 valence electrons. The Morgan fingerprint density at radius 2 is 2.26 bits per heavy atom. The van der Waals surface area contributed by atoms with Crippen LogP contribution in [0.4, 0.5) is 5.82 Å². The van der Waals surface area contributed by atoms with E-state index in [9.17, 15) is 9.59 Å². The summed E-state index contributed by atoms with van der Waals surface area (Å²) in [6.07, 6.45) is 5.27. The number of rotatable bonds is 4. The molecule has 2 N–H and O–H groups in total. The average Bonchev–Trinajstić information content (AvgIpc) is 2.82. The van der Waals surface area contributed by atoms with Gasteiger partial charge in [-0.25, -0.2) is 4.98 Å². The fraction of sp³-hybridized carbons (Fsp3) is 0.615. The molecule has 0 bridgehead atoms. The molecule has 0 saturated carbocycles. The largest absolute Gasteiger partial charge is 0.345 e. The van der Waals surface area contributed by atoms with Gasteiger partial charge in [0.05, 0.1) is 6.20 Å². The number of aromatic nitrogens is 2. The number of carbonyl (C=O) groups is 2. The van der Waals surface area contributed by atoms with Crippen molar-refractivity contribution in [1.29, 1.82) is 0 Å². The molecule has 2 amide bonds. The molecule has 1 aromatic heterocycles. The van der Waals surface area contributed by atoms with Crippen LogP contribution >= 0.6 is 0 Å². The summed E-state index contributed by atoms with van der Waals surface area (Å²) in [5.74, 6) is 1.40. The predicted molar refractivity (Wildman–Crippen MR) is 71.7 cm³/mol. The summed E-state index contributed by atoms with van der Waals surface area (Å²) in [6, 6.07) is -0.540. The first-order valence-electron chi connectivity index (χ1n) is 6.76. The lowest BCUT2D eigenvalue weighted by Crippen LogP contribution is -2.41. The van der Waals surface area contributed by atoms with E-state index in [1.807, 2.05) is 4.57 Å². The van der Waals surface area contributed by atoms with Crippen LogP contribution in [0.15, 0.2) is 6.20 Å². The molecule has 0 saturated heterocycles. The molecule has 6 heteroatoms. The van der Waals surface area contributed by atoms with Gasteiger partial charge in [0, 0.05) is 19.4 Å². The summed E-state index contributed by atoms with van der Waals surface area (Å²) in [7, 11) is 0. The summed E-state index contributed by atoms with van der Waals surface area (Å²) in [4.78, 5) is 27.5. The van der Waals surface area contributed by atoms with Crippen LogP contribution in [0, 0.1) is 0 Å². The van der Waals surface area contributed by atoms with Crippen molar-refractivity contribution in [3.63, 3.8) is 0 Å². The van der Waals surface area contributed by atoms with Crippen molar-refractivity contribution < 1.29 is 9.59 Å². The van der Waals surface area contributed by atoms with Gasteiger partial charge in [0.25, 0.3) is 0 Å². The van der Waals surface area contributed by atoms with Gasteiger partial charge in [-0.3, -0.25) is 9.59 Å². The van der Waals surface area contributed by atoms with E-state index in [1.165, 1.54) is 0 Å². The molecule has 2 rings (SSSR count). The number of imidazole rings is 1. The SMILES string of the molecule is CCC(=O)NC(C)C(=O)Nc1cnc2n1CCCC2. The zero-order valence-electron chi connectivity index (χ0n) is 11.4. The third-order valence-electron chi connectivity index (χ3n) is 3.31. The molecule has 1 aromatic rings. The molecule has 0 spiro atoms. The van der Waals surface area contributed by atoms with Gasteiger partial charge in [0.1, 0.15) is 17.7 Å². The van der Waals surface area contributed by atoms with E-state index in [2.05, 4.69) is 15.6 Å². The lowest BCUT2D eigenvalue weighted by atomic mass is 10.2. The molecular weight excluding hydrogens is 244 g/mol. The van der Waals surface area contributed by atoms with E-state index in [0.717, 1.165) is 37.4 Å². The number of anilines is 1. The number of fused-ring (bicyclic) bond motifs is 1. The zero-order chi connectivity index (χ0) is 13.8. The molecule has 0 aliphatic carbocycles. The summed E-state index contributed by atoms with van der Waals surface area (Å²) in [5.41, 5.74) is 0. The third-order valence-corrected chi connectivity index (χ3v) is 3.31. The topological polar surface area (TPSA) is 76.0 Å². The Morgan fingerprint density at radius 3 is 3.00 bits per heavy atom. The lowest BCUT2D eigenvalue weighted by Gasteiger charge is -2.18. The molecule has 0 radical (unpaired) electrons. The highest BCUT2D eigenvalue weighted by molar-refractivity contribution is 5.96. The van der Waals surface area contributed by atoms with E-state index in [4.69, 9.17) is 0 Å². The Kier molecular flexibility index (Phi) is 4.19. The fourth-order valence-electron chi connectivity index (χ4n) is 2.16. The van der Waals surface area contributed by atoms with Crippen LogP contribution in [-0.4, -0.2) is 27.4 Å². The molecule has 19 heavy (non-hydrogen) atoms. The minimum Gasteiger partial charge on any atom is -0.345 e. The Morgan fingerprint density at radius 1 is 1.47 bits per heavy atom. The Bertz CT molecular complexity index is 481. The van der Waals surface area contributed by atoms with Crippen LogP contribution in [-0.2, 0) is 22.6 Å². The average molecular weight is 264 g/mol. The highest BCUT2D eigenvalue weighted by Gasteiger charge is 2.19. The first-order chi connectivity index (χ1) is 9.11. The van der Waals surface area contributed by atoms with Gasteiger partial charge in [0.2, 0.25) is 11.8 Å². The van der Waals surface area contributed by atoms with Gasteiger partial charge >= 0.3 is 0 Å².